The molecule has 0 aliphatic rings. The van der Waals surface area contributed by atoms with Crippen LogP contribution >= 0.6 is 11.3 Å². The minimum absolute atomic E-state index is 0.367. The van der Waals surface area contributed by atoms with E-state index in [0.29, 0.717) is 18.2 Å². The van der Waals surface area contributed by atoms with Crippen LogP contribution in [0.3, 0.4) is 0 Å². The Kier molecular flexibility index (Phi) is 3.41. The molecule has 0 saturated heterocycles. The summed E-state index contributed by atoms with van der Waals surface area (Å²) >= 11 is 1.62. The van der Waals surface area contributed by atoms with Crippen molar-refractivity contribution in [3.8, 4) is 6.07 Å². The number of thiazole rings is 1. The molecule has 2 rings (SSSR count). The second-order valence-electron chi connectivity index (χ2n) is 2.98. The zero-order valence-corrected chi connectivity index (χ0v) is 9.24. The number of hydrogen-bond donors (Lipinski definition) is 1. The molecule has 0 aliphatic heterocycles. The lowest BCUT2D eigenvalue weighted by Gasteiger charge is -2.02. The summed E-state index contributed by atoms with van der Waals surface area (Å²) in [6.07, 6.45) is 4.18. The van der Waals surface area contributed by atoms with Crippen molar-refractivity contribution in [2.24, 2.45) is 0 Å². The molecule has 0 spiro atoms. The molecule has 2 aromatic rings. The van der Waals surface area contributed by atoms with Gasteiger partial charge >= 0.3 is 0 Å². The predicted octanol–water partition coefficient (Wildman–Crippen LogP) is 1.46. The first-order valence-corrected chi connectivity index (χ1v) is 5.62. The van der Waals surface area contributed by atoms with Gasteiger partial charge in [0.1, 0.15) is 11.8 Å². The SMILES string of the molecule is N#Cc1ccnc(NCCc2nccs2)n1. The van der Waals surface area contributed by atoms with Gasteiger partial charge in [0.15, 0.2) is 0 Å². The molecule has 5 nitrogen and oxygen atoms in total. The summed E-state index contributed by atoms with van der Waals surface area (Å²) in [6.45, 7) is 0.711. The summed E-state index contributed by atoms with van der Waals surface area (Å²) in [5.74, 6) is 0.482. The fraction of sp³-hybridized carbons (Fsp3) is 0.200. The molecular weight excluding hydrogens is 222 g/mol. The van der Waals surface area contributed by atoms with Crippen molar-refractivity contribution in [2.45, 2.75) is 6.42 Å². The van der Waals surface area contributed by atoms with Crippen LogP contribution in [0.2, 0.25) is 0 Å². The standard InChI is InChI=1S/C10H9N5S/c11-7-8-1-3-13-10(15-8)14-4-2-9-12-5-6-16-9/h1,3,5-6H,2,4H2,(H,13,14,15). The molecule has 2 heterocycles. The van der Waals surface area contributed by atoms with Crippen molar-refractivity contribution in [1.82, 2.24) is 15.0 Å². The molecule has 0 amide bonds. The summed E-state index contributed by atoms with van der Waals surface area (Å²) in [6, 6.07) is 3.55. The number of rotatable bonds is 4. The smallest absolute Gasteiger partial charge is 0.223 e. The summed E-state index contributed by atoms with van der Waals surface area (Å²) in [7, 11) is 0. The highest BCUT2D eigenvalue weighted by atomic mass is 32.1. The largest absolute Gasteiger partial charge is 0.354 e. The van der Waals surface area contributed by atoms with Crippen LogP contribution in [0.4, 0.5) is 5.95 Å². The van der Waals surface area contributed by atoms with Crippen molar-refractivity contribution in [1.29, 1.82) is 5.26 Å². The van der Waals surface area contributed by atoms with E-state index >= 15 is 0 Å². The number of nitriles is 1. The molecule has 2 aromatic heterocycles. The number of hydrogen-bond acceptors (Lipinski definition) is 6. The zero-order valence-electron chi connectivity index (χ0n) is 8.42. The Balaban J connectivity index is 1.88. The lowest BCUT2D eigenvalue weighted by molar-refractivity contribution is 0.966. The number of nitrogens with zero attached hydrogens (tertiary/aromatic N) is 4. The maximum Gasteiger partial charge on any atom is 0.223 e. The Morgan fingerprint density at radius 2 is 2.31 bits per heavy atom. The second-order valence-corrected chi connectivity index (χ2v) is 3.96. The Labute approximate surface area is 96.8 Å². The average molecular weight is 231 g/mol. The third-order valence-electron chi connectivity index (χ3n) is 1.88. The molecule has 0 atom stereocenters. The van der Waals surface area contributed by atoms with Gasteiger partial charge in [0, 0.05) is 30.7 Å². The Morgan fingerprint density at radius 3 is 3.06 bits per heavy atom. The fourth-order valence-electron chi connectivity index (χ4n) is 1.16. The third kappa shape index (κ3) is 2.74. The van der Waals surface area contributed by atoms with Crippen LogP contribution in [0.25, 0.3) is 0 Å². The van der Waals surface area contributed by atoms with Crippen LogP contribution < -0.4 is 5.32 Å². The number of anilines is 1. The molecule has 16 heavy (non-hydrogen) atoms. The van der Waals surface area contributed by atoms with Crippen LogP contribution in [-0.2, 0) is 6.42 Å². The van der Waals surface area contributed by atoms with E-state index in [9.17, 15) is 0 Å². The first-order chi connectivity index (χ1) is 7.88. The summed E-state index contributed by atoms with van der Waals surface area (Å²) in [5, 5.41) is 14.7. The van der Waals surface area contributed by atoms with E-state index in [4.69, 9.17) is 5.26 Å². The summed E-state index contributed by atoms with van der Waals surface area (Å²) in [4.78, 5) is 12.2. The van der Waals surface area contributed by atoms with Gasteiger partial charge in [-0.25, -0.2) is 15.0 Å². The van der Waals surface area contributed by atoms with Crippen LogP contribution in [-0.4, -0.2) is 21.5 Å². The average Bonchev–Trinajstić information content (AvgIpc) is 2.82. The lowest BCUT2D eigenvalue weighted by Crippen LogP contribution is -2.08. The Hall–Kier alpha value is -2.00. The van der Waals surface area contributed by atoms with Crippen LogP contribution in [0.15, 0.2) is 23.8 Å². The molecule has 0 aromatic carbocycles. The molecular formula is C10H9N5S. The first kappa shape index (κ1) is 10.5. The fourth-order valence-corrected chi connectivity index (χ4v) is 1.78. The first-order valence-electron chi connectivity index (χ1n) is 4.74. The van der Waals surface area contributed by atoms with Crippen molar-refractivity contribution in [3.63, 3.8) is 0 Å². The molecule has 80 valence electrons. The van der Waals surface area contributed by atoms with Crippen molar-refractivity contribution < 1.29 is 0 Å². The maximum atomic E-state index is 8.66. The van der Waals surface area contributed by atoms with Gasteiger partial charge in [-0.2, -0.15) is 5.26 Å². The summed E-state index contributed by atoms with van der Waals surface area (Å²) < 4.78 is 0. The third-order valence-corrected chi connectivity index (χ3v) is 2.71. The molecule has 0 unspecified atom stereocenters. The maximum absolute atomic E-state index is 8.66. The van der Waals surface area contributed by atoms with Crippen molar-refractivity contribution in [3.05, 3.63) is 34.5 Å². The zero-order chi connectivity index (χ0) is 11.2. The topological polar surface area (TPSA) is 74.5 Å². The van der Waals surface area contributed by atoms with E-state index in [-0.39, 0.29) is 0 Å². The van der Waals surface area contributed by atoms with E-state index in [1.54, 1.807) is 29.8 Å². The lowest BCUT2D eigenvalue weighted by atomic mass is 10.4. The molecule has 0 fully saturated rings. The van der Waals surface area contributed by atoms with Gasteiger partial charge in [0.2, 0.25) is 5.95 Å². The highest BCUT2D eigenvalue weighted by Gasteiger charge is 1.99. The molecule has 0 aliphatic carbocycles. The van der Waals surface area contributed by atoms with Gasteiger partial charge in [-0.15, -0.1) is 11.3 Å². The Bertz CT molecular complexity index is 488. The predicted molar refractivity (Wildman–Crippen MR) is 61.1 cm³/mol. The minimum atomic E-state index is 0.367. The van der Waals surface area contributed by atoms with Gasteiger partial charge < -0.3 is 5.32 Å². The van der Waals surface area contributed by atoms with Crippen molar-refractivity contribution in [2.75, 3.05) is 11.9 Å². The van der Waals surface area contributed by atoms with Crippen molar-refractivity contribution >= 4 is 17.3 Å². The molecule has 0 bridgehead atoms. The quantitative estimate of drug-likeness (QED) is 0.862. The normalized spacial score (nSPS) is 9.69. The van der Waals surface area contributed by atoms with Crippen LogP contribution in [0.1, 0.15) is 10.7 Å². The van der Waals surface area contributed by atoms with Crippen LogP contribution in [0, 0.1) is 11.3 Å². The van der Waals surface area contributed by atoms with Gasteiger partial charge in [0.25, 0.3) is 0 Å². The van der Waals surface area contributed by atoms with E-state index in [1.807, 2.05) is 11.4 Å². The number of nitrogens with one attached hydrogen (secondary N) is 1. The highest BCUT2D eigenvalue weighted by Crippen LogP contribution is 2.05. The molecule has 0 radical (unpaired) electrons. The molecule has 1 N–H and O–H groups in total. The summed E-state index contributed by atoms with van der Waals surface area (Å²) in [5.41, 5.74) is 0.367. The van der Waals surface area contributed by atoms with E-state index in [1.165, 1.54) is 0 Å². The highest BCUT2D eigenvalue weighted by molar-refractivity contribution is 7.09. The molecule has 6 heteroatoms. The monoisotopic (exact) mass is 231 g/mol. The van der Waals surface area contributed by atoms with E-state index in [0.717, 1.165) is 11.4 Å². The van der Waals surface area contributed by atoms with E-state index < -0.39 is 0 Å². The molecule has 0 saturated carbocycles. The van der Waals surface area contributed by atoms with Crippen LogP contribution in [0.5, 0.6) is 0 Å². The Morgan fingerprint density at radius 1 is 1.38 bits per heavy atom. The van der Waals surface area contributed by atoms with Gasteiger partial charge in [-0.3, -0.25) is 0 Å². The van der Waals surface area contributed by atoms with Gasteiger partial charge in [-0.05, 0) is 6.07 Å². The van der Waals surface area contributed by atoms with E-state index in [2.05, 4.69) is 20.3 Å². The minimum Gasteiger partial charge on any atom is -0.354 e. The van der Waals surface area contributed by atoms with Gasteiger partial charge in [-0.1, -0.05) is 0 Å². The van der Waals surface area contributed by atoms with Gasteiger partial charge in [0.05, 0.1) is 5.01 Å². The second kappa shape index (κ2) is 5.19. The number of aromatic nitrogens is 3.